The second-order valence-corrected chi connectivity index (χ2v) is 3.77. The van der Waals surface area contributed by atoms with E-state index in [-0.39, 0.29) is 5.82 Å². The van der Waals surface area contributed by atoms with E-state index in [1.807, 2.05) is 0 Å². The van der Waals surface area contributed by atoms with Gasteiger partial charge in [-0.3, -0.25) is 4.79 Å². The minimum Gasteiger partial charge on any atom is -0.480 e. The molecular weight excluding hydrogens is 210 g/mol. The number of aliphatic carboxylic acids is 1. The highest BCUT2D eigenvalue weighted by Gasteiger charge is 2.46. The number of carboxylic acids is 1. The molecule has 0 aliphatic heterocycles. The van der Waals surface area contributed by atoms with Crippen molar-refractivity contribution in [3.8, 4) is 0 Å². The summed E-state index contributed by atoms with van der Waals surface area (Å²) < 4.78 is 0. The van der Waals surface area contributed by atoms with Gasteiger partial charge in [-0.05, 0) is 25.3 Å². The van der Waals surface area contributed by atoms with Crippen LogP contribution in [0.25, 0.3) is 0 Å². The molecule has 1 fully saturated rings. The lowest BCUT2D eigenvalue weighted by atomic mass is 9.77. The van der Waals surface area contributed by atoms with Crippen molar-refractivity contribution in [1.29, 1.82) is 0 Å². The lowest BCUT2D eigenvalue weighted by Crippen LogP contribution is -2.59. The summed E-state index contributed by atoms with van der Waals surface area (Å²) in [5.74, 6) is -1.54. The number of carboxylic acid groups (broad SMARTS) is 1. The van der Waals surface area contributed by atoms with Crippen LogP contribution in [0, 0.1) is 0 Å². The molecule has 2 rings (SSSR count). The third-order valence-electron chi connectivity index (χ3n) is 2.74. The van der Waals surface area contributed by atoms with Gasteiger partial charge in [-0.15, -0.1) is 0 Å². The highest BCUT2D eigenvalue weighted by atomic mass is 16.4. The van der Waals surface area contributed by atoms with Crippen LogP contribution in [0.2, 0.25) is 0 Å². The van der Waals surface area contributed by atoms with Crippen molar-refractivity contribution < 1.29 is 14.7 Å². The van der Waals surface area contributed by atoms with Gasteiger partial charge in [0.05, 0.1) is 0 Å². The molecule has 1 heterocycles. The molecule has 0 radical (unpaired) electrons. The van der Waals surface area contributed by atoms with Crippen molar-refractivity contribution in [2.24, 2.45) is 0 Å². The van der Waals surface area contributed by atoms with E-state index in [0.29, 0.717) is 12.8 Å². The summed E-state index contributed by atoms with van der Waals surface area (Å²) in [7, 11) is 0. The summed E-state index contributed by atoms with van der Waals surface area (Å²) in [6, 6.07) is 1.59. The van der Waals surface area contributed by atoms with Gasteiger partial charge in [0.15, 0.2) is 0 Å². The first-order valence-electron chi connectivity index (χ1n) is 4.97. The topological polar surface area (TPSA) is 92.2 Å². The van der Waals surface area contributed by atoms with Gasteiger partial charge in [-0.25, -0.2) is 14.8 Å². The Morgan fingerprint density at radius 1 is 1.31 bits per heavy atom. The number of carbonyl (C=O) groups is 2. The molecule has 0 unspecified atom stereocenters. The summed E-state index contributed by atoms with van der Waals surface area (Å²) in [5.41, 5.74) is -1.11. The number of rotatable bonds is 3. The zero-order valence-electron chi connectivity index (χ0n) is 8.51. The van der Waals surface area contributed by atoms with Crippen LogP contribution in [-0.4, -0.2) is 32.5 Å². The predicted molar refractivity (Wildman–Crippen MR) is 53.7 cm³/mol. The highest BCUT2D eigenvalue weighted by Crippen LogP contribution is 2.32. The first-order valence-corrected chi connectivity index (χ1v) is 4.97. The molecule has 0 saturated heterocycles. The molecule has 1 aromatic heterocycles. The van der Waals surface area contributed by atoms with E-state index in [1.165, 1.54) is 12.4 Å². The number of hydrogen-bond acceptors (Lipinski definition) is 4. The standard InChI is InChI=1S/C10H11N3O3/c14-8(7-11-5-2-6-12-7)13-10(9(15)16)3-1-4-10/h2,5-6H,1,3-4H2,(H,13,14)(H,15,16). The van der Waals surface area contributed by atoms with Crippen LogP contribution in [-0.2, 0) is 4.79 Å². The molecule has 6 heteroatoms. The Bertz CT molecular complexity index is 415. The SMILES string of the molecule is O=C(NC1(C(=O)O)CCC1)c1ncccn1. The monoisotopic (exact) mass is 221 g/mol. The lowest BCUT2D eigenvalue weighted by Gasteiger charge is -2.37. The Kier molecular flexibility index (Phi) is 2.55. The normalized spacial score (nSPS) is 17.2. The molecule has 16 heavy (non-hydrogen) atoms. The van der Waals surface area contributed by atoms with Crippen LogP contribution >= 0.6 is 0 Å². The maximum absolute atomic E-state index is 11.7. The quantitative estimate of drug-likeness (QED) is 0.761. The van der Waals surface area contributed by atoms with Crippen LogP contribution in [0.3, 0.4) is 0 Å². The van der Waals surface area contributed by atoms with E-state index in [0.717, 1.165) is 6.42 Å². The zero-order valence-corrected chi connectivity index (χ0v) is 8.51. The first kappa shape index (κ1) is 10.5. The van der Waals surface area contributed by atoms with Crippen molar-refractivity contribution in [1.82, 2.24) is 15.3 Å². The number of nitrogens with one attached hydrogen (secondary N) is 1. The summed E-state index contributed by atoms with van der Waals surface area (Å²) in [4.78, 5) is 30.2. The Balaban J connectivity index is 2.10. The molecule has 1 amide bonds. The Morgan fingerprint density at radius 3 is 2.38 bits per heavy atom. The second kappa shape index (κ2) is 3.88. The van der Waals surface area contributed by atoms with Gasteiger partial charge < -0.3 is 10.4 Å². The molecule has 0 aromatic carbocycles. The number of nitrogens with zero attached hydrogens (tertiary/aromatic N) is 2. The molecule has 1 aliphatic carbocycles. The average molecular weight is 221 g/mol. The third kappa shape index (κ3) is 1.73. The minimum absolute atomic E-state index is 0.00461. The minimum atomic E-state index is -1.11. The molecule has 1 aliphatic rings. The molecule has 84 valence electrons. The van der Waals surface area contributed by atoms with Crippen molar-refractivity contribution in [2.75, 3.05) is 0 Å². The molecule has 2 N–H and O–H groups in total. The smallest absolute Gasteiger partial charge is 0.329 e. The van der Waals surface area contributed by atoms with E-state index in [4.69, 9.17) is 5.11 Å². The fraction of sp³-hybridized carbons (Fsp3) is 0.400. The Morgan fingerprint density at radius 2 is 1.94 bits per heavy atom. The maximum Gasteiger partial charge on any atom is 0.329 e. The van der Waals surface area contributed by atoms with Crippen LogP contribution in [0.4, 0.5) is 0 Å². The summed E-state index contributed by atoms with van der Waals surface area (Å²) in [6.45, 7) is 0. The number of aromatic nitrogens is 2. The highest BCUT2D eigenvalue weighted by molar-refractivity contribution is 5.95. The largest absolute Gasteiger partial charge is 0.480 e. The molecule has 0 spiro atoms. The van der Waals surface area contributed by atoms with Gasteiger partial charge in [0.25, 0.3) is 5.91 Å². The summed E-state index contributed by atoms with van der Waals surface area (Å²) in [5, 5.41) is 11.5. The number of amides is 1. The molecule has 0 bridgehead atoms. The summed E-state index contributed by atoms with van der Waals surface area (Å²) in [6.07, 6.45) is 4.61. The lowest BCUT2D eigenvalue weighted by molar-refractivity contribution is -0.148. The van der Waals surface area contributed by atoms with Crippen LogP contribution in [0.15, 0.2) is 18.5 Å². The van der Waals surface area contributed by atoms with E-state index >= 15 is 0 Å². The van der Waals surface area contributed by atoms with Gasteiger partial charge in [-0.1, -0.05) is 0 Å². The van der Waals surface area contributed by atoms with Crippen molar-refractivity contribution in [2.45, 2.75) is 24.8 Å². The van der Waals surface area contributed by atoms with Crippen molar-refractivity contribution in [3.05, 3.63) is 24.3 Å². The predicted octanol–water partition coefficient (Wildman–Crippen LogP) is 0.214. The number of carbonyl (C=O) groups excluding carboxylic acids is 1. The van der Waals surface area contributed by atoms with Crippen LogP contribution < -0.4 is 5.32 Å². The Labute approximate surface area is 91.7 Å². The average Bonchev–Trinajstić information content (AvgIpc) is 2.24. The van der Waals surface area contributed by atoms with Crippen LogP contribution in [0.1, 0.15) is 29.9 Å². The van der Waals surface area contributed by atoms with Gasteiger partial charge in [-0.2, -0.15) is 0 Å². The van der Waals surface area contributed by atoms with Gasteiger partial charge >= 0.3 is 5.97 Å². The third-order valence-corrected chi connectivity index (χ3v) is 2.74. The second-order valence-electron chi connectivity index (χ2n) is 3.77. The molecular formula is C10H11N3O3. The van der Waals surface area contributed by atoms with Gasteiger partial charge in [0, 0.05) is 12.4 Å². The van der Waals surface area contributed by atoms with Gasteiger partial charge in [0.2, 0.25) is 5.82 Å². The van der Waals surface area contributed by atoms with Crippen molar-refractivity contribution in [3.63, 3.8) is 0 Å². The number of hydrogen-bond donors (Lipinski definition) is 2. The van der Waals surface area contributed by atoms with Crippen LogP contribution in [0.5, 0.6) is 0 Å². The van der Waals surface area contributed by atoms with E-state index in [2.05, 4.69) is 15.3 Å². The van der Waals surface area contributed by atoms with Gasteiger partial charge in [0.1, 0.15) is 5.54 Å². The summed E-state index contributed by atoms with van der Waals surface area (Å²) >= 11 is 0. The maximum atomic E-state index is 11.7. The zero-order chi connectivity index (χ0) is 11.6. The molecule has 6 nitrogen and oxygen atoms in total. The van der Waals surface area contributed by atoms with E-state index in [9.17, 15) is 9.59 Å². The first-order chi connectivity index (χ1) is 7.64. The van der Waals surface area contributed by atoms with Crippen molar-refractivity contribution >= 4 is 11.9 Å². The fourth-order valence-electron chi connectivity index (χ4n) is 1.61. The molecule has 0 atom stereocenters. The molecule has 1 aromatic rings. The Hall–Kier alpha value is -1.98. The fourth-order valence-corrected chi connectivity index (χ4v) is 1.61. The van der Waals surface area contributed by atoms with E-state index < -0.39 is 17.4 Å². The van der Waals surface area contributed by atoms with E-state index in [1.54, 1.807) is 6.07 Å². The molecule has 1 saturated carbocycles.